The highest BCUT2D eigenvalue weighted by Crippen LogP contribution is 2.25. The lowest BCUT2D eigenvalue weighted by molar-refractivity contribution is -0.144. The van der Waals surface area contributed by atoms with Gasteiger partial charge in [0, 0.05) is 11.9 Å². The molecule has 1 atom stereocenters. The number of nitrogens with zero attached hydrogens (tertiary/aromatic N) is 2. The Hall–Kier alpha value is -2.43. The zero-order valence-corrected chi connectivity index (χ0v) is 10.1. The van der Waals surface area contributed by atoms with Gasteiger partial charge in [0.05, 0.1) is 5.52 Å². The second kappa shape index (κ2) is 4.35. The summed E-state index contributed by atoms with van der Waals surface area (Å²) in [6.45, 7) is 0.404. The molecule has 1 aliphatic heterocycles. The van der Waals surface area contributed by atoms with Gasteiger partial charge < -0.3 is 5.11 Å². The van der Waals surface area contributed by atoms with Gasteiger partial charge in [0.2, 0.25) is 5.91 Å². The summed E-state index contributed by atoms with van der Waals surface area (Å²) in [5.74, 6) is -1.86. The van der Waals surface area contributed by atoms with Crippen molar-refractivity contribution < 1.29 is 14.7 Å². The lowest BCUT2D eigenvalue weighted by atomic mass is 10.1. The fraction of sp³-hybridized carbons (Fsp3) is 0.214. The van der Waals surface area contributed by atoms with Crippen LogP contribution in [0.15, 0.2) is 36.4 Å². The number of para-hydroxylation sites is 1. The Morgan fingerprint density at radius 3 is 2.79 bits per heavy atom. The Labute approximate surface area is 109 Å². The van der Waals surface area contributed by atoms with Gasteiger partial charge in [0.1, 0.15) is 11.7 Å². The van der Waals surface area contributed by atoms with Crippen LogP contribution in [0.2, 0.25) is 0 Å². The van der Waals surface area contributed by atoms with E-state index in [4.69, 9.17) is 5.11 Å². The summed E-state index contributed by atoms with van der Waals surface area (Å²) in [4.78, 5) is 28.8. The molecular formula is C14H12N2O3. The number of pyridine rings is 1. The van der Waals surface area contributed by atoms with Crippen LogP contribution in [0.5, 0.6) is 0 Å². The van der Waals surface area contributed by atoms with Gasteiger partial charge in [-0.15, -0.1) is 0 Å². The number of carboxylic acids is 1. The van der Waals surface area contributed by atoms with E-state index in [9.17, 15) is 9.59 Å². The molecule has 0 aliphatic carbocycles. The fourth-order valence-electron chi connectivity index (χ4n) is 2.34. The molecule has 19 heavy (non-hydrogen) atoms. The van der Waals surface area contributed by atoms with Crippen LogP contribution in [-0.4, -0.2) is 28.5 Å². The predicted octanol–water partition coefficient (Wildman–Crippen LogP) is 1.67. The Balaban J connectivity index is 1.97. The van der Waals surface area contributed by atoms with E-state index in [1.165, 1.54) is 4.90 Å². The number of rotatable bonds is 2. The molecule has 0 spiro atoms. The molecular weight excluding hydrogens is 244 g/mol. The average Bonchev–Trinajstić information content (AvgIpc) is 2.80. The third-order valence-corrected chi connectivity index (χ3v) is 3.36. The zero-order valence-electron chi connectivity index (χ0n) is 10.1. The largest absolute Gasteiger partial charge is 0.481 e. The number of carboxylic acid groups (broad SMARTS) is 1. The monoisotopic (exact) mass is 256 g/mol. The minimum Gasteiger partial charge on any atom is -0.481 e. The first kappa shape index (κ1) is 11.6. The maximum atomic E-state index is 12.0. The number of hydrogen-bond acceptors (Lipinski definition) is 3. The summed E-state index contributed by atoms with van der Waals surface area (Å²) in [7, 11) is 0. The number of benzene rings is 1. The molecule has 1 unspecified atom stereocenters. The molecule has 1 N–H and O–H groups in total. The van der Waals surface area contributed by atoms with Gasteiger partial charge in [-0.25, -0.2) is 4.98 Å². The summed E-state index contributed by atoms with van der Waals surface area (Å²) in [5, 5.41) is 9.95. The van der Waals surface area contributed by atoms with E-state index in [1.807, 2.05) is 30.3 Å². The van der Waals surface area contributed by atoms with Crippen molar-refractivity contribution in [3.8, 4) is 0 Å². The number of carbonyl (C=O) groups is 2. The Morgan fingerprint density at radius 1 is 1.26 bits per heavy atom. The summed E-state index contributed by atoms with van der Waals surface area (Å²) < 4.78 is 0. The number of amides is 1. The third-order valence-electron chi connectivity index (χ3n) is 3.36. The van der Waals surface area contributed by atoms with Gasteiger partial charge in [0.15, 0.2) is 0 Å². The van der Waals surface area contributed by atoms with E-state index < -0.39 is 11.9 Å². The number of hydrogen-bond donors (Lipinski definition) is 1. The van der Waals surface area contributed by atoms with Gasteiger partial charge in [-0.2, -0.15) is 0 Å². The number of aromatic nitrogens is 1. The summed E-state index contributed by atoms with van der Waals surface area (Å²) in [6, 6.07) is 11.3. The highest BCUT2D eigenvalue weighted by molar-refractivity contribution is 6.07. The van der Waals surface area contributed by atoms with Crippen LogP contribution in [0, 0.1) is 5.92 Å². The summed E-state index contributed by atoms with van der Waals surface area (Å²) in [5.41, 5.74) is 0.798. The van der Waals surface area contributed by atoms with Crippen molar-refractivity contribution in [3.63, 3.8) is 0 Å². The van der Waals surface area contributed by atoms with Crippen molar-refractivity contribution in [1.82, 2.24) is 4.98 Å². The summed E-state index contributed by atoms with van der Waals surface area (Å²) >= 11 is 0. The van der Waals surface area contributed by atoms with Crippen molar-refractivity contribution in [2.45, 2.75) is 6.42 Å². The van der Waals surface area contributed by atoms with Gasteiger partial charge in [-0.05, 0) is 24.6 Å². The quantitative estimate of drug-likeness (QED) is 0.830. The molecule has 5 nitrogen and oxygen atoms in total. The molecule has 1 saturated heterocycles. The molecule has 0 bridgehead atoms. The maximum absolute atomic E-state index is 12.0. The first-order chi connectivity index (χ1) is 9.16. The molecule has 96 valence electrons. The lowest BCUT2D eigenvalue weighted by Gasteiger charge is -2.15. The highest BCUT2D eigenvalue weighted by atomic mass is 16.4. The van der Waals surface area contributed by atoms with Gasteiger partial charge in [-0.1, -0.05) is 18.2 Å². The zero-order chi connectivity index (χ0) is 13.4. The topological polar surface area (TPSA) is 70.5 Å². The third kappa shape index (κ3) is 1.93. The van der Waals surface area contributed by atoms with Crippen LogP contribution in [0.4, 0.5) is 5.82 Å². The normalized spacial score (nSPS) is 19.1. The van der Waals surface area contributed by atoms with E-state index in [2.05, 4.69) is 4.98 Å². The van der Waals surface area contributed by atoms with E-state index >= 15 is 0 Å². The first-order valence-corrected chi connectivity index (χ1v) is 6.07. The molecule has 3 rings (SSSR count). The van der Waals surface area contributed by atoms with Crippen LogP contribution in [-0.2, 0) is 9.59 Å². The van der Waals surface area contributed by atoms with Gasteiger partial charge in [-0.3, -0.25) is 14.5 Å². The molecule has 1 fully saturated rings. The van der Waals surface area contributed by atoms with E-state index in [1.54, 1.807) is 6.07 Å². The van der Waals surface area contributed by atoms with Crippen LogP contribution >= 0.6 is 0 Å². The van der Waals surface area contributed by atoms with Gasteiger partial charge >= 0.3 is 5.97 Å². The molecule has 1 aliphatic rings. The number of carbonyl (C=O) groups excluding carboxylic acids is 1. The second-order valence-electron chi connectivity index (χ2n) is 4.53. The fourth-order valence-corrected chi connectivity index (χ4v) is 2.34. The minimum absolute atomic E-state index is 0.336. The van der Waals surface area contributed by atoms with Crippen LogP contribution in [0.1, 0.15) is 6.42 Å². The smallest absolute Gasteiger partial charge is 0.316 e. The molecule has 0 radical (unpaired) electrons. The van der Waals surface area contributed by atoms with E-state index in [0.29, 0.717) is 18.8 Å². The first-order valence-electron chi connectivity index (χ1n) is 6.07. The standard InChI is InChI=1S/C14H12N2O3/c17-13-10(14(18)19)7-8-16(13)12-6-5-9-3-1-2-4-11(9)15-12/h1-6,10H,7-8H2,(H,18,19). The van der Waals surface area contributed by atoms with E-state index in [0.717, 1.165) is 10.9 Å². The summed E-state index contributed by atoms with van der Waals surface area (Å²) in [6.07, 6.45) is 0.336. The van der Waals surface area contributed by atoms with Crippen molar-refractivity contribution in [2.75, 3.05) is 11.4 Å². The predicted molar refractivity (Wildman–Crippen MR) is 69.8 cm³/mol. The number of anilines is 1. The number of aliphatic carboxylic acids is 1. The maximum Gasteiger partial charge on any atom is 0.316 e. The lowest BCUT2D eigenvalue weighted by Crippen LogP contribution is -2.30. The minimum atomic E-state index is -1.06. The Bertz CT molecular complexity index is 669. The average molecular weight is 256 g/mol. The second-order valence-corrected chi connectivity index (χ2v) is 4.53. The molecule has 2 aromatic rings. The van der Waals surface area contributed by atoms with Crippen molar-refractivity contribution >= 4 is 28.6 Å². The van der Waals surface area contributed by atoms with Crippen molar-refractivity contribution in [3.05, 3.63) is 36.4 Å². The van der Waals surface area contributed by atoms with E-state index in [-0.39, 0.29) is 5.91 Å². The van der Waals surface area contributed by atoms with Crippen LogP contribution < -0.4 is 4.90 Å². The Morgan fingerprint density at radius 2 is 2.05 bits per heavy atom. The van der Waals surface area contributed by atoms with Crippen LogP contribution in [0.25, 0.3) is 10.9 Å². The molecule has 5 heteroatoms. The highest BCUT2D eigenvalue weighted by Gasteiger charge is 2.38. The van der Waals surface area contributed by atoms with Crippen molar-refractivity contribution in [2.24, 2.45) is 5.92 Å². The SMILES string of the molecule is O=C(O)C1CCN(c2ccc3ccccc3n2)C1=O. The molecule has 0 saturated carbocycles. The molecule has 1 aromatic carbocycles. The molecule has 1 amide bonds. The van der Waals surface area contributed by atoms with Crippen LogP contribution in [0.3, 0.4) is 0 Å². The van der Waals surface area contributed by atoms with Crippen molar-refractivity contribution in [1.29, 1.82) is 0 Å². The molecule has 1 aromatic heterocycles. The Kier molecular flexibility index (Phi) is 2.67. The van der Waals surface area contributed by atoms with Gasteiger partial charge in [0.25, 0.3) is 0 Å². The number of fused-ring (bicyclic) bond motifs is 1. The molecule has 2 heterocycles.